The highest BCUT2D eigenvalue weighted by Gasteiger charge is 2.28. The molecule has 3 amide bonds. The maximum atomic E-state index is 12.2. The Morgan fingerprint density at radius 3 is 2.32 bits per heavy atom. The summed E-state index contributed by atoms with van der Waals surface area (Å²) in [5, 5.41) is 3.02. The number of nitrogens with zero attached hydrogens (tertiary/aromatic N) is 2. The lowest BCUT2D eigenvalue weighted by atomic mass is 10.3. The van der Waals surface area contributed by atoms with E-state index >= 15 is 0 Å². The number of amides is 3. The Bertz CT molecular complexity index is 643. The van der Waals surface area contributed by atoms with Gasteiger partial charge in [-0.1, -0.05) is 23.7 Å². The normalized spacial score (nSPS) is 14.4. The van der Waals surface area contributed by atoms with Crippen molar-refractivity contribution in [3.8, 4) is 5.75 Å². The molecule has 0 radical (unpaired) electrons. The van der Waals surface area contributed by atoms with E-state index in [1.807, 2.05) is 0 Å². The molecule has 1 N–H and O–H groups in total. The molecule has 1 aromatic rings. The van der Waals surface area contributed by atoms with Crippen LogP contribution in [0, 0.1) is 0 Å². The van der Waals surface area contributed by atoms with Crippen molar-refractivity contribution in [3.05, 3.63) is 29.3 Å². The quantitative estimate of drug-likeness (QED) is 0.802. The van der Waals surface area contributed by atoms with E-state index in [9.17, 15) is 14.4 Å². The van der Waals surface area contributed by atoms with Gasteiger partial charge in [0.05, 0.1) is 5.02 Å². The van der Waals surface area contributed by atoms with Crippen molar-refractivity contribution in [3.63, 3.8) is 0 Å². The molecule has 1 aliphatic rings. The number of para-hydroxylation sites is 1. The van der Waals surface area contributed by atoms with Crippen molar-refractivity contribution >= 4 is 29.3 Å². The summed E-state index contributed by atoms with van der Waals surface area (Å²) in [4.78, 5) is 39.1. The van der Waals surface area contributed by atoms with Crippen LogP contribution in [-0.2, 0) is 14.4 Å². The second kappa shape index (κ2) is 8.71. The molecule has 1 aliphatic heterocycles. The third-order valence-corrected chi connectivity index (χ3v) is 4.03. The summed E-state index contributed by atoms with van der Waals surface area (Å²) in [5.74, 6) is -0.903. The number of nitrogens with one attached hydrogen (secondary N) is 1. The highest BCUT2D eigenvalue weighted by atomic mass is 35.5. The summed E-state index contributed by atoms with van der Waals surface area (Å²) in [6.07, 6.45) is 0. The van der Waals surface area contributed by atoms with Crippen LogP contribution < -0.4 is 10.1 Å². The van der Waals surface area contributed by atoms with E-state index in [-0.39, 0.29) is 18.6 Å². The van der Waals surface area contributed by atoms with Crippen molar-refractivity contribution in [1.82, 2.24) is 15.1 Å². The van der Waals surface area contributed by atoms with Crippen molar-refractivity contribution in [1.29, 1.82) is 0 Å². The molecule has 0 saturated carbocycles. The minimum Gasteiger partial charge on any atom is -0.482 e. The maximum absolute atomic E-state index is 12.2. The van der Waals surface area contributed by atoms with E-state index in [0.29, 0.717) is 37.0 Å². The zero-order valence-electron chi connectivity index (χ0n) is 14.3. The summed E-state index contributed by atoms with van der Waals surface area (Å²) in [6, 6.07) is 6.84. The Hall–Kier alpha value is -2.28. The van der Waals surface area contributed by atoms with Crippen LogP contribution in [0.5, 0.6) is 5.75 Å². The third-order valence-electron chi connectivity index (χ3n) is 3.72. The van der Waals surface area contributed by atoms with Crippen LogP contribution in [0.25, 0.3) is 0 Å². The Kier molecular flexibility index (Phi) is 6.64. The molecule has 0 atom stereocenters. The molecule has 0 bridgehead atoms. The average Bonchev–Trinajstić information content (AvgIpc) is 2.59. The largest absolute Gasteiger partial charge is 0.482 e. The molecule has 136 valence electrons. The molecule has 0 spiro atoms. The Morgan fingerprint density at radius 2 is 1.72 bits per heavy atom. The van der Waals surface area contributed by atoms with Gasteiger partial charge in [0.2, 0.25) is 0 Å². The van der Waals surface area contributed by atoms with Crippen LogP contribution in [0.3, 0.4) is 0 Å². The molecule has 25 heavy (non-hydrogen) atoms. The van der Waals surface area contributed by atoms with Gasteiger partial charge in [0, 0.05) is 32.2 Å². The third kappa shape index (κ3) is 5.35. The number of hydrogen-bond acceptors (Lipinski definition) is 4. The number of carbonyl (C=O) groups excluding carboxylic acids is 3. The smallest absolute Gasteiger partial charge is 0.312 e. The fourth-order valence-electron chi connectivity index (χ4n) is 2.42. The van der Waals surface area contributed by atoms with Crippen LogP contribution in [-0.4, -0.2) is 66.3 Å². The van der Waals surface area contributed by atoms with Gasteiger partial charge in [0.15, 0.2) is 6.61 Å². The van der Waals surface area contributed by atoms with Crippen molar-refractivity contribution in [2.45, 2.75) is 19.9 Å². The van der Waals surface area contributed by atoms with Crippen LogP contribution in [0.1, 0.15) is 13.8 Å². The fraction of sp³-hybridized carbons (Fsp3) is 0.471. The summed E-state index contributed by atoms with van der Waals surface area (Å²) in [7, 11) is 0. The highest BCUT2D eigenvalue weighted by molar-refractivity contribution is 6.35. The molecular weight excluding hydrogens is 346 g/mol. The Balaban J connectivity index is 1.79. The Morgan fingerprint density at radius 1 is 1.12 bits per heavy atom. The molecule has 1 heterocycles. The van der Waals surface area contributed by atoms with Crippen molar-refractivity contribution < 1.29 is 19.1 Å². The van der Waals surface area contributed by atoms with Gasteiger partial charge in [-0.2, -0.15) is 0 Å². The van der Waals surface area contributed by atoms with E-state index in [1.54, 1.807) is 43.0 Å². The zero-order valence-corrected chi connectivity index (χ0v) is 15.1. The van der Waals surface area contributed by atoms with Gasteiger partial charge >= 0.3 is 11.8 Å². The van der Waals surface area contributed by atoms with Crippen LogP contribution in [0.15, 0.2) is 24.3 Å². The molecule has 1 aromatic carbocycles. The number of ether oxygens (including phenoxy) is 1. The van der Waals surface area contributed by atoms with E-state index in [2.05, 4.69) is 5.32 Å². The number of piperazine rings is 1. The van der Waals surface area contributed by atoms with Crippen molar-refractivity contribution in [2.75, 3.05) is 32.8 Å². The van der Waals surface area contributed by atoms with Gasteiger partial charge in [0.1, 0.15) is 5.75 Å². The van der Waals surface area contributed by atoms with Crippen LogP contribution >= 0.6 is 11.6 Å². The molecule has 0 aromatic heterocycles. The lowest BCUT2D eigenvalue weighted by molar-refractivity contribution is -0.148. The van der Waals surface area contributed by atoms with E-state index in [4.69, 9.17) is 16.3 Å². The molecular formula is C17H22ClN3O4. The maximum Gasteiger partial charge on any atom is 0.312 e. The topological polar surface area (TPSA) is 79.0 Å². The van der Waals surface area contributed by atoms with Gasteiger partial charge in [-0.25, -0.2) is 0 Å². The number of carbonyl (C=O) groups is 3. The van der Waals surface area contributed by atoms with E-state index in [0.717, 1.165) is 0 Å². The predicted octanol–water partition coefficient (Wildman–Crippen LogP) is 0.914. The minimum atomic E-state index is -0.614. The average molecular weight is 368 g/mol. The predicted molar refractivity (Wildman–Crippen MR) is 93.4 cm³/mol. The zero-order chi connectivity index (χ0) is 18.4. The Labute approximate surface area is 151 Å². The second-order valence-electron chi connectivity index (χ2n) is 6.02. The first-order chi connectivity index (χ1) is 11.9. The minimum absolute atomic E-state index is 0.0960. The second-order valence-corrected chi connectivity index (χ2v) is 6.43. The summed E-state index contributed by atoms with van der Waals surface area (Å²) >= 11 is 5.98. The number of benzene rings is 1. The lowest BCUT2D eigenvalue weighted by Gasteiger charge is -2.34. The van der Waals surface area contributed by atoms with Gasteiger partial charge in [-0.05, 0) is 26.0 Å². The molecule has 1 fully saturated rings. The van der Waals surface area contributed by atoms with E-state index < -0.39 is 11.8 Å². The SMILES string of the molecule is CC(C)NC(=O)C(=O)N1CCN(C(=O)COc2ccccc2Cl)CC1. The molecule has 0 aliphatic carbocycles. The molecule has 2 rings (SSSR count). The van der Waals surface area contributed by atoms with Crippen LogP contribution in [0.2, 0.25) is 5.02 Å². The van der Waals surface area contributed by atoms with Gasteiger partial charge in [-0.3, -0.25) is 14.4 Å². The molecule has 7 nitrogen and oxygen atoms in total. The van der Waals surface area contributed by atoms with Gasteiger partial charge in [0.25, 0.3) is 5.91 Å². The first-order valence-corrected chi connectivity index (χ1v) is 8.51. The standard InChI is InChI=1S/C17H22ClN3O4/c1-12(2)19-16(23)17(24)21-9-7-20(8-10-21)15(22)11-25-14-6-4-3-5-13(14)18/h3-6,12H,7-11H2,1-2H3,(H,19,23). The molecule has 0 unspecified atom stereocenters. The van der Waals surface area contributed by atoms with E-state index in [1.165, 1.54) is 4.90 Å². The monoisotopic (exact) mass is 367 g/mol. The fourth-order valence-corrected chi connectivity index (χ4v) is 2.61. The summed E-state index contributed by atoms with van der Waals surface area (Å²) in [6.45, 7) is 4.84. The molecule has 8 heteroatoms. The summed E-state index contributed by atoms with van der Waals surface area (Å²) in [5.41, 5.74) is 0. The number of rotatable bonds is 4. The van der Waals surface area contributed by atoms with Crippen molar-refractivity contribution in [2.24, 2.45) is 0 Å². The van der Waals surface area contributed by atoms with Crippen LogP contribution in [0.4, 0.5) is 0 Å². The number of hydrogen-bond donors (Lipinski definition) is 1. The van der Waals surface area contributed by atoms with Gasteiger partial charge in [-0.15, -0.1) is 0 Å². The highest BCUT2D eigenvalue weighted by Crippen LogP contribution is 2.23. The lowest BCUT2D eigenvalue weighted by Crippen LogP contribution is -2.55. The summed E-state index contributed by atoms with van der Waals surface area (Å²) < 4.78 is 5.44. The first-order valence-electron chi connectivity index (χ1n) is 8.13. The van der Waals surface area contributed by atoms with Gasteiger partial charge < -0.3 is 19.9 Å². The number of halogens is 1. The molecule has 1 saturated heterocycles. The first kappa shape index (κ1) is 19.1.